The monoisotopic (exact) mass is 292 g/mol. The second kappa shape index (κ2) is 6.42. The van der Waals surface area contributed by atoms with E-state index in [2.05, 4.69) is 10.2 Å². The molecule has 0 unspecified atom stereocenters. The lowest BCUT2D eigenvalue weighted by Gasteiger charge is -2.08. The zero-order chi connectivity index (χ0) is 14.5. The molecule has 1 aromatic carbocycles. The third kappa shape index (κ3) is 3.51. The number of nitrogens with zero attached hydrogens (tertiary/aromatic N) is 3. The molecule has 1 heterocycles. The molecule has 2 rings (SSSR count). The Balaban J connectivity index is 2.00. The molecule has 0 aliphatic heterocycles. The molecule has 0 saturated carbocycles. The molecule has 2 aromatic rings. The van der Waals surface area contributed by atoms with E-state index in [4.69, 9.17) is 10.5 Å². The summed E-state index contributed by atoms with van der Waals surface area (Å²) >= 11 is 1.26. The average molecular weight is 292 g/mol. The van der Waals surface area contributed by atoms with Crippen LogP contribution in [0.2, 0.25) is 0 Å². The molecule has 106 valence electrons. The van der Waals surface area contributed by atoms with Crippen LogP contribution in [0.4, 0.5) is 0 Å². The summed E-state index contributed by atoms with van der Waals surface area (Å²) in [6.07, 6.45) is 0. The quantitative estimate of drug-likeness (QED) is 0.811. The number of carbonyl (C=O) groups excluding carboxylic acids is 1. The highest BCUT2D eigenvalue weighted by Crippen LogP contribution is 2.19. The normalized spacial score (nSPS) is 10.5. The number of para-hydroxylation sites is 1. The molecule has 0 aliphatic rings. The maximum absolute atomic E-state index is 10.8. The Kier molecular flexibility index (Phi) is 4.62. The first kappa shape index (κ1) is 14.4. The summed E-state index contributed by atoms with van der Waals surface area (Å²) in [6.45, 7) is 2.31. The third-order valence-corrected chi connectivity index (χ3v) is 3.76. The van der Waals surface area contributed by atoms with E-state index in [1.54, 1.807) is 4.57 Å². The molecular formula is C13H16N4O2S. The highest BCUT2D eigenvalue weighted by Gasteiger charge is 2.11. The second-order valence-corrected chi connectivity index (χ2v) is 5.21. The van der Waals surface area contributed by atoms with E-state index in [9.17, 15) is 4.79 Å². The van der Waals surface area contributed by atoms with Crippen molar-refractivity contribution < 1.29 is 9.53 Å². The molecule has 7 heteroatoms. The first-order chi connectivity index (χ1) is 9.58. The fourth-order valence-corrected chi connectivity index (χ4v) is 2.26. The summed E-state index contributed by atoms with van der Waals surface area (Å²) in [4.78, 5) is 10.8. The Morgan fingerprint density at radius 3 is 2.85 bits per heavy atom. The Hall–Kier alpha value is -2.02. The van der Waals surface area contributed by atoms with Crippen molar-refractivity contribution in [3.8, 4) is 5.75 Å². The lowest BCUT2D eigenvalue weighted by molar-refractivity contribution is -0.115. The van der Waals surface area contributed by atoms with Gasteiger partial charge in [0.15, 0.2) is 11.0 Å². The molecule has 1 aromatic heterocycles. The van der Waals surface area contributed by atoms with Crippen molar-refractivity contribution in [1.29, 1.82) is 0 Å². The number of aryl methyl sites for hydroxylation is 1. The van der Waals surface area contributed by atoms with Gasteiger partial charge in [-0.05, 0) is 18.6 Å². The molecule has 6 nitrogen and oxygen atoms in total. The number of carbonyl (C=O) groups is 1. The van der Waals surface area contributed by atoms with Crippen LogP contribution in [-0.4, -0.2) is 26.4 Å². The smallest absolute Gasteiger partial charge is 0.227 e. The first-order valence-electron chi connectivity index (χ1n) is 6.05. The summed E-state index contributed by atoms with van der Waals surface area (Å²) in [6, 6.07) is 7.78. The Bertz CT molecular complexity index is 612. The van der Waals surface area contributed by atoms with Gasteiger partial charge in [0, 0.05) is 7.05 Å². The average Bonchev–Trinajstić information content (AvgIpc) is 2.76. The minimum atomic E-state index is -0.379. The van der Waals surface area contributed by atoms with E-state index in [-0.39, 0.29) is 11.7 Å². The van der Waals surface area contributed by atoms with Crippen LogP contribution in [0.5, 0.6) is 5.75 Å². The fraction of sp³-hybridized carbons (Fsp3) is 0.308. The Morgan fingerprint density at radius 1 is 1.40 bits per heavy atom. The third-order valence-electron chi connectivity index (χ3n) is 2.72. The number of amides is 1. The van der Waals surface area contributed by atoms with Gasteiger partial charge in [0.25, 0.3) is 0 Å². The topological polar surface area (TPSA) is 83.0 Å². The zero-order valence-electron chi connectivity index (χ0n) is 11.4. The number of thioether (sulfide) groups is 1. The van der Waals surface area contributed by atoms with Crippen LogP contribution in [0.25, 0.3) is 0 Å². The molecule has 0 spiro atoms. The maximum atomic E-state index is 10.8. The van der Waals surface area contributed by atoms with E-state index in [0.717, 1.165) is 11.3 Å². The van der Waals surface area contributed by atoms with E-state index in [0.29, 0.717) is 17.6 Å². The molecule has 20 heavy (non-hydrogen) atoms. The van der Waals surface area contributed by atoms with Gasteiger partial charge in [0.1, 0.15) is 12.4 Å². The molecule has 2 N–H and O–H groups in total. The number of nitrogens with two attached hydrogens (primary N) is 1. The van der Waals surface area contributed by atoms with Gasteiger partial charge in [0.05, 0.1) is 5.75 Å². The van der Waals surface area contributed by atoms with Crippen LogP contribution in [0.3, 0.4) is 0 Å². The number of hydrogen-bond donors (Lipinski definition) is 1. The zero-order valence-corrected chi connectivity index (χ0v) is 12.2. The summed E-state index contributed by atoms with van der Waals surface area (Å²) in [5.41, 5.74) is 6.17. The molecule has 0 bridgehead atoms. The van der Waals surface area contributed by atoms with E-state index in [1.807, 2.05) is 38.2 Å². The molecule has 0 radical (unpaired) electrons. The fourth-order valence-electron chi connectivity index (χ4n) is 1.59. The van der Waals surface area contributed by atoms with Crippen molar-refractivity contribution >= 4 is 17.7 Å². The summed E-state index contributed by atoms with van der Waals surface area (Å²) in [7, 11) is 1.83. The number of benzene rings is 1. The molecule has 0 saturated heterocycles. The van der Waals surface area contributed by atoms with Gasteiger partial charge in [0.2, 0.25) is 5.91 Å². The van der Waals surface area contributed by atoms with Gasteiger partial charge in [-0.2, -0.15) is 0 Å². The van der Waals surface area contributed by atoms with Crippen molar-refractivity contribution in [2.45, 2.75) is 18.7 Å². The number of primary amides is 1. The SMILES string of the molecule is Cc1ccccc1OCc1nnc(SCC(N)=O)n1C. The van der Waals surface area contributed by atoms with E-state index >= 15 is 0 Å². The predicted molar refractivity (Wildman–Crippen MR) is 76.4 cm³/mol. The van der Waals surface area contributed by atoms with Crippen LogP contribution >= 0.6 is 11.8 Å². The molecule has 1 amide bonds. The van der Waals surface area contributed by atoms with E-state index in [1.165, 1.54) is 11.8 Å². The number of rotatable bonds is 6. The number of aromatic nitrogens is 3. The largest absolute Gasteiger partial charge is 0.485 e. The first-order valence-corrected chi connectivity index (χ1v) is 7.04. The molecule has 0 fully saturated rings. The lowest BCUT2D eigenvalue weighted by Crippen LogP contribution is -2.13. The van der Waals surface area contributed by atoms with Gasteiger partial charge >= 0.3 is 0 Å². The highest BCUT2D eigenvalue weighted by molar-refractivity contribution is 7.99. The van der Waals surface area contributed by atoms with Crippen molar-refractivity contribution in [3.63, 3.8) is 0 Å². The molecule has 0 atom stereocenters. The van der Waals surface area contributed by atoms with Crippen molar-refractivity contribution in [2.24, 2.45) is 12.8 Å². The number of ether oxygens (including phenoxy) is 1. The summed E-state index contributed by atoms with van der Waals surface area (Å²) in [5.74, 6) is 1.32. The molecular weight excluding hydrogens is 276 g/mol. The van der Waals surface area contributed by atoms with Gasteiger partial charge in [-0.3, -0.25) is 4.79 Å². The van der Waals surface area contributed by atoms with E-state index < -0.39 is 0 Å². The Morgan fingerprint density at radius 2 is 2.15 bits per heavy atom. The van der Waals surface area contributed by atoms with Gasteiger partial charge < -0.3 is 15.0 Å². The van der Waals surface area contributed by atoms with Gasteiger partial charge in [-0.1, -0.05) is 30.0 Å². The number of hydrogen-bond acceptors (Lipinski definition) is 5. The van der Waals surface area contributed by atoms with Gasteiger partial charge in [-0.15, -0.1) is 10.2 Å². The summed E-state index contributed by atoms with van der Waals surface area (Å²) < 4.78 is 7.52. The van der Waals surface area contributed by atoms with Crippen molar-refractivity contribution in [3.05, 3.63) is 35.7 Å². The second-order valence-electron chi connectivity index (χ2n) is 4.27. The van der Waals surface area contributed by atoms with Crippen molar-refractivity contribution in [1.82, 2.24) is 14.8 Å². The highest BCUT2D eigenvalue weighted by atomic mass is 32.2. The van der Waals surface area contributed by atoms with Crippen LogP contribution in [0.15, 0.2) is 29.4 Å². The standard InChI is InChI=1S/C13H16N4O2S/c1-9-5-3-4-6-10(9)19-7-12-15-16-13(17(12)2)20-8-11(14)18/h3-6H,7-8H2,1-2H3,(H2,14,18). The van der Waals surface area contributed by atoms with Crippen LogP contribution < -0.4 is 10.5 Å². The lowest BCUT2D eigenvalue weighted by atomic mass is 10.2. The maximum Gasteiger partial charge on any atom is 0.227 e. The van der Waals surface area contributed by atoms with Gasteiger partial charge in [-0.25, -0.2) is 0 Å². The van der Waals surface area contributed by atoms with Crippen LogP contribution in [0, 0.1) is 6.92 Å². The summed E-state index contributed by atoms with van der Waals surface area (Å²) in [5, 5.41) is 8.71. The minimum absolute atomic E-state index is 0.185. The van der Waals surface area contributed by atoms with Crippen molar-refractivity contribution in [2.75, 3.05) is 5.75 Å². The Labute approximate surface area is 121 Å². The minimum Gasteiger partial charge on any atom is -0.485 e. The van der Waals surface area contributed by atoms with Crippen LogP contribution in [-0.2, 0) is 18.4 Å². The molecule has 0 aliphatic carbocycles. The van der Waals surface area contributed by atoms with Crippen LogP contribution in [0.1, 0.15) is 11.4 Å². The predicted octanol–water partition coefficient (Wildman–Crippen LogP) is 1.28.